The summed E-state index contributed by atoms with van der Waals surface area (Å²) >= 11 is 0. The Morgan fingerprint density at radius 2 is 2.19 bits per heavy atom. The second-order valence-electron chi connectivity index (χ2n) is 5.43. The van der Waals surface area contributed by atoms with Gasteiger partial charge in [0.1, 0.15) is 0 Å². The number of benzene rings is 1. The Kier molecular flexibility index (Phi) is 4.60. The fourth-order valence-electron chi connectivity index (χ4n) is 2.33. The van der Waals surface area contributed by atoms with Gasteiger partial charge in [-0.2, -0.15) is 0 Å². The van der Waals surface area contributed by atoms with Gasteiger partial charge >= 0.3 is 0 Å². The lowest BCUT2D eigenvalue weighted by Gasteiger charge is -2.24. The van der Waals surface area contributed by atoms with Crippen molar-refractivity contribution in [3.63, 3.8) is 0 Å². The molecule has 21 heavy (non-hydrogen) atoms. The number of aryl methyl sites for hydroxylation is 1. The molecule has 5 nitrogen and oxygen atoms in total. The van der Waals surface area contributed by atoms with E-state index >= 15 is 0 Å². The van der Waals surface area contributed by atoms with Crippen LogP contribution < -0.4 is 5.32 Å². The predicted octanol–water partition coefficient (Wildman–Crippen LogP) is 2.09. The molecule has 0 aliphatic carbocycles. The zero-order chi connectivity index (χ0) is 15.7. The monoisotopic (exact) mass is 331 g/mol. The molecule has 0 bridgehead atoms. The molecule has 2 rings (SSSR count). The third kappa shape index (κ3) is 3.75. The lowest BCUT2D eigenvalue weighted by Crippen LogP contribution is -2.46. The summed E-state index contributed by atoms with van der Waals surface area (Å²) in [6.45, 7) is 4.87. The minimum atomic E-state index is -3.86. The second-order valence-corrected chi connectivity index (χ2v) is 7.99. The molecule has 116 valence electrons. The smallest absolute Gasteiger partial charge is 0.261 e. The van der Waals surface area contributed by atoms with E-state index in [1.54, 1.807) is 6.07 Å². The van der Waals surface area contributed by atoms with E-state index in [1.807, 2.05) is 13.8 Å². The van der Waals surface area contributed by atoms with E-state index in [9.17, 15) is 13.2 Å². The maximum atomic E-state index is 12.5. The number of amides is 1. The van der Waals surface area contributed by atoms with E-state index in [0.717, 1.165) is 12.0 Å². The lowest BCUT2D eigenvalue weighted by molar-refractivity contribution is 0.0888. The summed E-state index contributed by atoms with van der Waals surface area (Å²) in [6.07, 6.45) is 1.35. The SMILES string of the molecule is CCc1ccc(S(=O)(=O)Cl)cc1C(=O)NC1(C)CCOC1. The first-order valence-electron chi connectivity index (χ1n) is 6.73. The van der Waals surface area contributed by atoms with E-state index in [2.05, 4.69) is 5.32 Å². The van der Waals surface area contributed by atoms with Crippen molar-refractivity contribution < 1.29 is 17.9 Å². The second kappa shape index (κ2) is 5.94. The van der Waals surface area contributed by atoms with Crippen LogP contribution in [-0.4, -0.2) is 33.1 Å². The summed E-state index contributed by atoms with van der Waals surface area (Å²) in [5.41, 5.74) is 0.698. The molecule has 1 fully saturated rings. The first kappa shape index (κ1) is 16.3. The number of rotatable bonds is 4. The van der Waals surface area contributed by atoms with E-state index in [0.29, 0.717) is 25.2 Å². The van der Waals surface area contributed by atoms with Crippen LogP contribution in [0.1, 0.15) is 36.2 Å². The molecule has 1 atom stereocenters. The van der Waals surface area contributed by atoms with E-state index in [-0.39, 0.29) is 10.8 Å². The molecule has 1 aromatic carbocycles. The predicted molar refractivity (Wildman–Crippen MR) is 80.2 cm³/mol. The van der Waals surface area contributed by atoms with Crippen LogP contribution in [0.15, 0.2) is 23.1 Å². The van der Waals surface area contributed by atoms with Crippen molar-refractivity contribution in [3.8, 4) is 0 Å². The van der Waals surface area contributed by atoms with Crippen LogP contribution in [-0.2, 0) is 20.2 Å². The molecule has 1 heterocycles. The number of carbonyl (C=O) groups is 1. The van der Waals surface area contributed by atoms with Crippen LogP contribution >= 0.6 is 10.7 Å². The number of carbonyl (C=O) groups excluding carboxylic acids is 1. The van der Waals surface area contributed by atoms with Crippen LogP contribution in [0.3, 0.4) is 0 Å². The average Bonchev–Trinajstić information content (AvgIpc) is 2.83. The summed E-state index contributed by atoms with van der Waals surface area (Å²) in [6, 6.07) is 4.37. The summed E-state index contributed by atoms with van der Waals surface area (Å²) in [7, 11) is 1.49. The van der Waals surface area contributed by atoms with E-state index in [1.165, 1.54) is 12.1 Å². The van der Waals surface area contributed by atoms with Crippen molar-refractivity contribution in [2.75, 3.05) is 13.2 Å². The molecule has 1 unspecified atom stereocenters. The van der Waals surface area contributed by atoms with Gasteiger partial charge in [-0.1, -0.05) is 13.0 Å². The Bertz CT molecular complexity index is 651. The largest absolute Gasteiger partial charge is 0.379 e. The molecule has 1 aliphatic rings. The molecule has 1 saturated heterocycles. The maximum Gasteiger partial charge on any atom is 0.261 e. The highest BCUT2D eigenvalue weighted by molar-refractivity contribution is 8.13. The molecule has 1 aliphatic heterocycles. The first-order chi connectivity index (χ1) is 9.75. The third-order valence-corrected chi connectivity index (χ3v) is 4.97. The van der Waals surface area contributed by atoms with Crippen molar-refractivity contribution in [2.24, 2.45) is 0 Å². The van der Waals surface area contributed by atoms with Gasteiger partial charge in [-0.15, -0.1) is 0 Å². The highest BCUT2D eigenvalue weighted by Crippen LogP contribution is 2.22. The van der Waals surface area contributed by atoms with Crippen LogP contribution in [0.25, 0.3) is 0 Å². The lowest BCUT2D eigenvalue weighted by atomic mass is 9.99. The Balaban J connectivity index is 2.34. The quantitative estimate of drug-likeness (QED) is 0.857. The van der Waals surface area contributed by atoms with Gasteiger partial charge in [0.15, 0.2) is 0 Å². The zero-order valence-electron chi connectivity index (χ0n) is 12.0. The van der Waals surface area contributed by atoms with Crippen LogP contribution in [0.4, 0.5) is 0 Å². The third-order valence-electron chi connectivity index (χ3n) is 3.62. The number of ether oxygens (including phenoxy) is 1. The van der Waals surface area contributed by atoms with E-state index in [4.69, 9.17) is 15.4 Å². The molecule has 0 spiro atoms. The Morgan fingerprint density at radius 3 is 2.71 bits per heavy atom. The molecule has 1 N–H and O–H groups in total. The molecule has 0 saturated carbocycles. The number of hydrogen-bond acceptors (Lipinski definition) is 4. The van der Waals surface area contributed by atoms with Crippen molar-refractivity contribution in [2.45, 2.75) is 37.1 Å². The number of hydrogen-bond donors (Lipinski definition) is 1. The Labute approximate surface area is 129 Å². The Morgan fingerprint density at radius 1 is 1.48 bits per heavy atom. The van der Waals surface area contributed by atoms with E-state index < -0.39 is 14.6 Å². The van der Waals surface area contributed by atoms with Crippen molar-refractivity contribution in [1.82, 2.24) is 5.32 Å². The van der Waals surface area contributed by atoms with Crippen molar-refractivity contribution >= 4 is 25.6 Å². The van der Waals surface area contributed by atoms with Crippen LogP contribution in [0.5, 0.6) is 0 Å². The zero-order valence-corrected chi connectivity index (χ0v) is 13.6. The molecule has 0 radical (unpaired) electrons. The normalized spacial score (nSPS) is 22.2. The van der Waals surface area contributed by atoms with Gasteiger partial charge in [0.05, 0.1) is 17.0 Å². The highest BCUT2D eigenvalue weighted by atomic mass is 35.7. The molecule has 0 aromatic heterocycles. The first-order valence-corrected chi connectivity index (χ1v) is 9.04. The van der Waals surface area contributed by atoms with Gasteiger partial charge in [-0.05, 0) is 37.5 Å². The summed E-state index contributed by atoms with van der Waals surface area (Å²) < 4.78 is 28.2. The number of halogens is 1. The summed E-state index contributed by atoms with van der Waals surface area (Å²) in [5.74, 6) is -0.304. The van der Waals surface area contributed by atoms with Gasteiger partial charge in [0, 0.05) is 22.9 Å². The average molecular weight is 332 g/mol. The van der Waals surface area contributed by atoms with Gasteiger partial charge < -0.3 is 10.1 Å². The molecular weight excluding hydrogens is 314 g/mol. The van der Waals surface area contributed by atoms with Crippen LogP contribution in [0, 0.1) is 0 Å². The summed E-state index contributed by atoms with van der Waals surface area (Å²) in [4.78, 5) is 12.4. The maximum absolute atomic E-state index is 12.5. The molecule has 7 heteroatoms. The highest BCUT2D eigenvalue weighted by Gasteiger charge is 2.32. The van der Waals surface area contributed by atoms with Gasteiger partial charge in [-0.25, -0.2) is 8.42 Å². The Hall–Kier alpha value is -1.11. The molecule has 1 amide bonds. The summed E-state index contributed by atoms with van der Waals surface area (Å²) in [5, 5.41) is 2.92. The molecule has 1 aromatic rings. The van der Waals surface area contributed by atoms with Crippen molar-refractivity contribution in [3.05, 3.63) is 29.3 Å². The van der Waals surface area contributed by atoms with Crippen molar-refractivity contribution in [1.29, 1.82) is 0 Å². The van der Waals surface area contributed by atoms with Crippen LogP contribution in [0.2, 0.25) is 0 Å². The minimum Gasteiger partial charge on any atom is -0.379 e. The van der Waals surface area contributed by atoms with Gasteiger partial charge in [-0.3, -0.25) is 4.79 Å². The topological polar surface area (TPSA) is 72.5 Å². The van der Waals surface area contributed by atoms with Gasteiger partial charge in [0.2, 0.25) is 0 Å². The fourth-order valence-corrected chi connectivity index (χ4v) is 3.11. The molecular formula is C14H18ClNO4S. The van der Waals surface area contributed by atoms with Gasteiger partial charge in [0.25, 0.3) is 15.0 Å². The number of nitrogens with one attached hydrogen (secondary N) is 1. The fraction of sp³-hybridized carbons (Fsp3) is 0.500. The minimum absolute atomic E-state index is 0.0701. The standard InChI is InChI=1S/C14H18ClNO4S/c1-3-10-4-5-11(21(15,18)19)8-12(10)13(17)16-14(2)6-7-20-9-14/h4-5,8H,3,6-7,9H2,1-2H3,(H,16,17).